The van der Waals surface area contributed by atoms with E-state index in [2.05, 4.69) is 10.3 Å². The summed E-state index contributed by atoms with van der Waals surface area (Å²) < 4.78 is 39.1. The average Bonchev–Trinajstić information content (AvgIpc) is 3.39. The van der Waals surface area contributed by atoms with E-state index in [4.69, 9.17) is 5.11 Å². The molecule has 0 atom stereocenters. The van der Waals surface area contributed by atoms with Gasteiger partial charge >= 0.3 is 12.1 Å². The molecule has 0 bridgehead atoms. The van der Waals surface area contributed by atoms with Crippen molar-refractivity contribution in [3.8, 4) is 0 Å². The van der Waals surface area contributed by atoms with Gasteiger partial charge in [-0.25, -0.2) is 9.78 Å². The normalized spacial score (nSPS) is 14.2. The first-order valence-electron chi connectivity index (χ1n) is 7.48. The number of carboxylic acids is 1. The maximum absolute atomic E-state index is 13.0. The third kappa shape index (κ3) is 3.96. The molecule has 1 aliphatic carbocycles. The lowest BCUT2D eigenvalue weighted by Crippen LogP contribution is -2.17. The molecule has 5 nitrogen and oxygen atoms in total. The number of pyridine rings is 1. The number of rotatable bonds is 4. The molecular formula is C17H13F3N2O3. The number of alkyl halides is 3. The Hall–Kier alpha value is -2.90. The van der Waals surface area contributed by atoms with E-state index in [9.17, 15) is 22.8 Å². The zero-order valence-electron chi connectivity index (χ0n) is 12.8. The highest BCUT2D eigenvalue weighted by Crippen LogP contribution is 2.41. The first-order valence-corrected chi connectivity index (χ1v) is 7.48. The minimum atomic E-state index is -4.56. The van der Waals surface area contributed by atoms with Crippen molar-refractivity contribution < 1.29 is 27.9 Å². The summed E-state index contributed by atoms with van der Waals surface area (Å²) >= 11 is 0. The van der Waals surface area contributed by atoms with Gasteiger partial charge in [-0.2, -0.15) is 13.2 Å². The number of nitrogens with one attached hydrogen (secondary N) is 1. The lowest BCUT2D eigenvalue weighted by atomic mass is 10.1. The molecule has 1 aliphatic rings. The van der Waals surface area contributed by atoms with E-state index in [1.807, 2.05) is 0 Å². The van der Waals surface area contributed by atoms with Crippen LogP contribution in [0.15, 0.2) is 36.4 Å². The van der Waals surface area contributed by atoms with Crippen molar-refractivity contribution in [2.24, 2.45) is 0 Å². The minimum absolute atomic E-state index is 0.0335. The van der Waals surface area contributed by atoms with Crippen LogP contribution in [0.5, 0.6) is 0 Å². The summed E-state index contributed by atoms with van der Waals surface area (Å²) in [6.45, 7) is 0. The first kappa shape index (κ1) is 16.9. The molecule has 0 radical (unpaired) electrons. The molecule has 1 amide bonds. The van der Waals surface area contributed by atoms with E-state index in [-0.39, 0.29) is 28.6 Å². The van der Waals surface area contributed by atoms with Gasteiger partial charge < -0.3 is 10.4 Å². The van der Waals surface area contributed by atoms with Crippen LogP contribution >= 0.6 is 0 Å². The summed E-state index contributed by atoms with van der Waals surface area (Å²) in [7, 11) is 0. The summed E-state index contributed by atoms with van der Waals surface area (Å²) in [5, 5.41) is 11.3. The molecule has 2 aromatic rings. The van der Waals surface area contributed by atoms with Gasteiger partial charge in [-0.1, -0.05) is 0 Å². The van der Waals surface area contributed by atoms with Gasteiger partial charge in [-0.15, -0.1) is 0 Å². The Morgan fingerprint density at radius 2 is 1.76 bits per heavy atom. The van der Waals surface area contributed by atoms with Crippen molar-refractivity contribution >= 4 is 17.6 Å². The Morgan fingerprint density at radius 1 is 1.12 bits per heavy atom. The number of hydrogen-bond acceptors (Lipinski definition) is 3. The molecule has 1 aromatic heterocycles. The van der Waals surface area contributed by atoms with Gasteiger partial charge in [0.2, 0.25) is 0 Å². The Kier molecular flexibility index (Phi) is 4.20. The highest BCUT2D eigenvalue weighted by atomic mass is 19.4. The van der Waals surface area contributed by atoms with E-state index in [1.54, 1.807) is 0 Å². The summed E-state index contributed by atoms with van der Waals surface area (Å²) in [5.41, 5.74) is -0.663. The van der Waals surface area contributed by atoms with Crippen LogP contribution in [0.4, 0.5) is 18.9 Å². The summed E-state index contributed by atoms with van der Waals surface area (Å²) in [6, 6.07) is 6.98. The molecule has 0 spiro atoms. The Labute approximate surface area is 140 Å². The van der Waals surface area contributed by atoms with E-state index in [1.165, 1.54) is 24.3 Å². The molecule has 0 saturated heterocycles. The Bertz CT molecular complexity index is 828. The van der Waals surface area contributed by atoms with Crippen LogP contribution in [-0.4, -0.2) is 22.0 Å². The molecule has 2 N–H and O–H groups in total. The minimum Gasteiger partial charge on any atom is -0.478 e. The van der Waals surface area contributed by atoms with Gasteiger partial charge in [-0.3, -0.25) is 4.79 Å². The van der Waals surface area contributed by atoms with Crippen molar-refractivity contribution in [2.45, 2.75) is 24.9 Å². The van der Waals surface area contributed by atoms with Gasteiger partial charge in [-0.05, 0) is 49.2 Å². The number of aromatic carboxylic acids is 1. The van der Waals surface area contributed by atoms with Crippen molar-refractivity contribution in [2.75, 3.05) is 5.32 Å². The highest BCUT2D eigenvalue weighted by molar-refractivity contribution is 6.03. The molecule has 0 unspecified atom stereocenters. The highest BCUT2D eigenvalue weighted by Gasteiger charge is 2.35. The second kappa shape index (κ2) is 6.19. The van der Waals surface area contributed by atoms with Gasteiger partial charge in [0, 0.05) is 17.3 Å². The van der Waals surface area contributed by atoms with Crippen LogP contribution in [0.3, 0.4) is 0 Å². The number of carbonyl (C=O) groups excluding carboxylic acids is 1. The topological polar surface area (TPSA) is 79.3 Å². The predicted octanol–water partition coefficient (Wildman–Crippen LogP) is 3.93. The third-order valence-corrected chi connectivity index (χ3v) is 3.79. The second-order valence-corrected chi connectivity index (χ2v) is 5.77. The molecule has 1 heterocycles. The average molecular weight is 350 g/mol. The largest absolute Gasteiger partial charge is 0.478 e. The summed E-state index contributed by atoms with van der Waals surface area (Å²) in [6.07, 6.45) is -3.05. The number of nitrogens with zero attached hydrogens (tertiary/aromatic N) is 1. The quantitative estimate of drug-likeness (QED) is 0.876. The molecule has 3 rings (SSSR count). The number of benzene rings is 1. The fourth-order valence-electron chi connectivity index (χ4n) is 2.31. The fraction of sp³-hybridized carbons (Fsp3) is 0.235. The second-order valence-electron chi connectivity index (χ2n) is 5.77. The number of amides is 1. The van der Waals surface area contributed by atoms with E-state index >= 15 is 0 Å². The zero-order chi connectivity index (χ0) is 18.2. The van der Waals surface area contributed by atoms with E-state index < -0.39 is 23.6 Å². The number of halogens is 3. The van der Waals surface area contributed by atoms with Crippen LogP contribution in [0.1, 0.15) is 50.9 Å². The number of hydrogen-bond donors (Lipinski definition) is 2. The van der Waals surface area contributed by atoms with E-state index in [0.717, 1.165) is 18.9 Å². The number of carbonyl (C=O) groups is 2. The SMILES string of the molecule is O=C(O)c1ccc(NC(=O)c2cc(C(F)(F)F)cc(C3CC3)n2)cc1. The van der Waals surface area contributed by atoms with Crippen molar-refractivity contribution in [3.63, 3.8) is 0 Å². The van der Waals surface area contributed by atoms with Gasteiger partial charge in [0.05, 0.1) is 11.1 Å². The maximum Gasteiger partial charge on any atom is 0.416 e. The first-order chi connectivity index (χ1) is 11.7. The lowest BCUT2D eigenvalue weighted by Gasteiger charge is -2.11. The van der Waals surface area contributed by atoms with Crippen LogP contribution in [0.2, 0.25) is 0 Å². The third-order valence-electron chi connectivity index (χ3n) is 3.79. The standard InChI is InChI=1S/C17H13F3N2O3/c18-17(19,20)11-7-13(9-1-2-9)22-14(8-11)15(23)21-12-5-3-10(4-6-12)16(24)25/h3-9H,1-2H2,(H,21,23)(H,24,25). The van der Waals surface area contributed by atoms with Gasteiger partial charge in [0.1, 0.15) is 5.69 Å². The van der Waals surface area contributed by atoms with Crippen LogP contribution < -0.4 is 5.32 Å². The van der Waals surface area contributed by atoms with Crippen LogP contribution in [-0.2, 0) is 6.18 Å². The molecule has 8 heteroatoms. The molecule has 25 heavy (non-hydrogen) atoms. The monoisotopic (exact) mass is 350 g/mol. The van der Waals surface area contributed by atoms with Crippen molar-refractivity contribution in [1.82, 2.24) is 4.98 Å². The van der Waals surface area contributed by atoms with Crippen molar-refractivity contribution in [3.05, 3.63) is 58.9 Å². The number of aromatic nitrogens is 1. The Morgan fingerprint density at radius 3 is 2.28 bits per heavy atom. The van der Waals surface area contributed by atoms with Crippen LogP contribution in [0, 0.1) is 0 Å². The molecular weight excluding hydrogens is 337 g/mol. The molecule has 1 aromatic carbocycles. The summed E-state index contributed by atoms with van der Waals surface area (Å²) in [5.74, 6) is -1.94. The maximum atomic E-state index is 13.0. The van der Waals surface area contributed by atoms with Gasteiger partial charge in [0.25, 0.3) is 5.91 Å². The number of carboxylic acid groups (broad SMARTS) is 1. The van der Waals surface area contributed by atoms with Crippen molar-refractivity contribution in [1.29, 1.82) is 0 Å². The smallest absolute Gasteiger partial charge is 0.416 e. The molecule has 130 valence electrons. The molecule has 0 aliphatic heterocycles. The predicted molar refractivity (Wildman–Crippen MR) is 82.6 cm³/mol. The lowest BCUT2D eigenvalue weighted by molar-refractivity contribution is -0.137. The fourth-order valence-corrected chi connectivity index (χ4v) is 2.31. The van der Waals surface area contributed by atoms with Gasteiger partial charge in [0.15, 0.2) is 0 Å². The number of anilines is 1. The Balaban J connectivity index is 1.85. The molecule has 1 saturated carbocycles. The summed E-state index contributed by atoms with van der Waals surface area (Å²) in [4.78, 5) is 27.1. The zero-order valence-corrected chi connectivity index (χ0v) is 12.8. The van der Waals surface area contributed by atoms with E-state index in [0.29, 0.717) is 6.07 Å². The molecule has 1 fully saturated rings. The van der Waals surface area contributed by atoms with Crippen LogP contribution in [0.25, 0.3) is 0 Å².